The molecule has 2 aromatic rings. The van der Waals surface area contributed by atoms with Gasteiger partial charge in [-0.2, -0.15) is 0 Å². The van der Waals surface area contributed by atoms with Crippen LogP contribution in [-0.4, -0.2) is 35.4 Å². The zero-order valence-corrected chi connectivity index (χ0v) is 13.5. The number of hydrogen-bond donors (Lipinski definition) is 0. The molecule has 1 aliphatic heterocycles. The summed E-state index contributed by atoms with van der Waals surface area (Å²) in [6, 6.07) is 13.8. The van der Waals surface area contributed by atoms with Crippen LogP contribution in [0.1, 0.15) is 22.0 Å². The Kier molecular flexibility index (Phi) is 4.78. The Morgan fingerprint density at radius 3 is 2.71 bits per heavy atom. The van der Waals surface area contributed by atoms with Crippen molar-refractivity contribution in [1.82, 2.24) is 4.90 Å². The number of halogens is 1. The van der Waals surface area contributed by atoms with E-state index >= 15 is 0 Å². The van der Waals surface area contributed by atoms with Gasteiger partial charge in [0, 0.05) is 18.2 Å². The highest BCUT2D eigenvalue weighted by Crippen LogP contribution is 2.27. The Morgan fingerprint density at radius 2 is 2.00 bits per heavy atom. The average Bonchev–Trinajstić information content (AvgIpc) is 2.62. The van der Waals surface area contributed by atoms with E-state index in [-0.39, 0.29) is 28.3 Å². The lowest BCUT2D eigenvalue weighted by molar-refractivity contribution is -0.384. The zero-order valence-electron chi connectivity index (χ0n) is 12.7. The number of hydrogen-bond acceptors (Lipinski definition) is 4. The summed E-state index contributed by atoms with van der Waals surface area (Å²) in [6.45, 7) is 1.26. The Balaban J connectivity index is 1.80. The van der Waals surface area contributed by atoms with Gasteiger partial charge in [-0.25, -0.2) is 0 Å². The molecule has 0 N–H and O–H groups in total. The third-order valence-corrected chi connectivity index (χ3v) is 4.23. The second-order valence-electron chi connectivity index (χ2n) is 5.44. The van der Waals surface area contributed by atoms with E-state index in [0.29, 0.717) is 19.7 Å². The fourth-order valence-corrected chi connectivity index (χ4v) is 2.86. The fourth-order valence-electron chi connectivity index (χ4n) is 2.67. The topological polar surface area (TPSA) is 72.7 Å². The first-order valence-electron chi connectivity index (χ1n) is 7.46. The molecule has 1 aliphatic rings. The number of ether oxygens (including phenoxy) is 1. The van der Waals surface area contributed by atoms with Crippen LogP contribution in [0.4, 0.5) is 5.69 Å². The highest BCUT2D eigenvalue weighted by Gasteiger charge is 2.27. The Morgan fingerprint density at radius 1 is 1.25 bits per heavy atom. The van der Waals surface area contributed by atoms with E-state index in [2.05, 4.69) is 0 Å². The van der Waals surface area contributed by atoms with Gasteiger partial charge >= 0.3 is 0 Å². The maximum atomic E-state index is 12.7. The number of carbonyl (C=O) groups excluding carboxylic acids is 1. The molecule has 0 saturated carbocycles. The highest BCUT2D eigenvalue weighted by atomic mass is 35.5. The summed E-state index contributed by atoms with van der Waals surface area (Å²) in [5.41, 5.74) is 0.979. The minimum atomic E-state index is -0.592. The molecular weight excluding hydrogens is 332 g/mol. The van der Waals surface area contributed by atoms with E-state index in [1.807, 2.05) is 30.3 Å². The number of nitro benzene ring substituents is 1. The molecule has 0 spiro atoms. The van der Waals surface area contributed by atoms with Gasteiger partial charge in [0.1, 0.15) is 11.1 Å². The number of benzene rings is 2. The second kappa shape index (κ2) is 6.98. The number of nitrogens with zero attached hydrogens (tertiary/aromatic N) is 2. The lowest BCUT2D eigenvalue weighted by Gasteiger charge is -2.33. The third kappa shape index (κ3) is 3.39. The maximum Gasteiger partial charge on any atom is 0.288 e. The van der Waals surface area contributed by atoms with Gasteiger partial charge in [0.15, 0.2) is 0 Å². The molecule has 2 aromatic carbocycles. The first-order chi connectivity index (χ1) is 11.6. The van der Waals surface area contributed by atoms with Crippen LogP contribution in [0.5, 0.6) is 0 Å². The second-order valence-corrected chi connectivity index (χ2v) is 5.85. The molecule has 7 heteroatoms. The van der Waals surface area contributed by atoms with Gasteiger partial charge < -0.3 is 9.64 Å². The summed E-state index contributed by atoms with van der Waals surface area (Å²) in [5.74, 6) is -0.265. The molecule has 0 aromatic heterocycles. The van der Waals surface area contributed by atoms with E-state index < -0.39 is 4.92 Å². The van der Waals surface area contributed by atoms with Crippen molar-refractivity contribution in [2.45, 2.75) is 6.10 Å². The smallest absolute Gasteiger partial charge is 0.288 e. The number of nitro groups is 1. The van der Waals surface area contributed by atoms with Crippen LogP contribution in [0.15, 0.2) is 48.5 Å². The summed E-state index contributed by atoms with van der Waals surface area (Å²) in [4.78, 5) is 24.7. The molecule has 1 saturated heterocycles. The lowest BCUT2D eigenvalue weighted by Crippen LogP contribution is -2.42. The van der Waals surface area contributed by atoms with Crippen molar-refractivity contribution >= 4 is 23.2 Å². The predicted octanol–water partition coefficient (Wildman–Crippen LogP) is 3.46. The van der Waals surface area contributed by atoms with Crippen LogP contribution in [0.25, 0.3) is 0 Å². The van der Waals surface area contributed by atoms with Crippen LogP contribution in [0.3, 0.4) is 0 Å². The van der Waals surface area contributed by atoms with Gasteiger partial charge in [-0.1, -0.05) is 41.9 Å². The third-order valence-electron chi connectivity index (χ3n) is 3.91. The van der Waals surface area contributed by atoms with E-state index in [1.165, 1.54) is 18.2 Å². The van der Waals surface area contributed by atoms with E-state index in [1.54, 1.807) is 4.90 Å². The first kappa shape index (κ1) is 16.4. The van der Waals surface area contributed by atoms with Crippen molar-refractivity contribution in [3.8, 4) is 0 Å². The van der Waals surface area contributed by atoms with Gasteiger partial charge in [0.25, 0.3) is 11.6 Å². The van der Waals surface area contributed by atoms with Crippen LogP contribution < -0.4 is 0 Å². The van der Waals surface area contributed by atoms with Gasteiger partial charge in [-0.15, -0.1) is 0 Å². The molecule has 3 rings (SSSR count). The maximum absolute atomic E-state index is 12.7. The minimum Gasteiger partial charge on any atom is -0.370 e. The summed E-state index contributed by atoms with van der Waals surface area (Å²) in [6.07, 6.45) is -0.203. The van der Waals surface area contributed by atoms with Gasteiger partial charge in [-0.3, -0.25) is 14.9 Å². The molecule has 0 radical (unpaired) electrons. The van der Waals surface area contributed by atoms with Gasteiger partial charge in [-0.05, 0) is 17.7 Å². The first-order valence-corrected chi connectivity index (χ1v) is 7.84. The lowest BCUT2D eigenvalue weighted by atomic mass is 10.1. The number of rotatable bonds is 3. The van der Waals surface area contributed by atoms with Crippen molar-refractivity contribution in [1.29, 1.82) is 0 Å². The monoisotopic (exact) mass is 346 g/mol. The van der Waals surface area contributed by atoms with E-state index in [4.69, 9.17) is 16.3 Å². The van der Waals surface area contributed by atoms with E-state index in [9.17, 15) is 14.9 Å². The molecular formula is C17H15ClN2O4. The molecule has 1 heterocycles. The van der Waals surface area contributed by atoms with Crippen molar-refractivity contribution in [2.24, 2.45) is 0 Å². The molecule has 1 unspecified atom stereocenters. The Hall–Kier alpha value is -2.44. The summed E-state index contributed by atoms with van der Waals surface area (Å²) < 4.78 is 5.74. The molecule has 1 atom stereocenters. The largest absolute Gasteiger partial charge is 0.370 e. The Bertz CT molecular complexity index is 766. The average molecular weight is 347 g/mol. The van der Waals surface area contributed by atoms with Crippen LogP contribution in [0.2, 0.25) is 5.02 Å². The minimum absolute atomic E-state index is 0.0145. The summed E-state index contributed by atoms with van der Waals surface area (Å²) >= 11 is 5.80. The van der Waals surface area contributed by atoms with E-state index in [0.717, 1.165) is 5.56 Å². The normalized spacial score (nSPS) is 17.5. The summed E-state index contributed by atoms with van der Waals surface area (Å²) in [7, 11) is 0. The molecule has 124 valence electrons. The van der Waals surface area contributed by atoms with Crippen molar-refractivity contribution in [3.63, 3.8) is 0 Å². The number of morpholine rings is 1. The van der Waals surface area contributed by atoms with Gasteiger partial charge in [0.2, 0.25) is 0 Å². The van der Waals surface area contributed by atoms with Crippen LogP contribution in [-0.2, 0) is 4.74 Å². The molecule has 6 nitrogen and oxygen atoms in total. The summed E-state index contributed by atoms with van der Waals surface area (Å²) in [5, 5.41) is 11.0. The zero-order chi connectivity index (χ0) is 17.1. The van der Waals surface area contributed by atoms with Crippen LogP contribution in [0, 0.1) is 10.1 Å². The SMILES string of the molecule is O=C(c1ccc(Cl)c([N+](=O)[O-])c1)N1CCOC(c2ccccc2)C1. The highest BCUT2D eigenvalue weighted by molar-refractivity contribution is 6.32. The number of amides is 1. The molecule has 0 aliphatic carbocycles. The van der Waals surface area contributed by atoms with Crippen LogP contribution >= 0.6 is 11.6 Å². The van der Waals surface area contributed by atoms with Gasteiger partial charge in [0.05, 0.1) is 18.1 Å². The number of carbonyl (C=O) groups is 1. The predicted molar refractivity (Wildman–Crippen MR) is 89.1 cm³/mol. The quantitative estimate of drug-likeness (QED) is 0.630. The fraction of sp³-hybridized carbons (Fsp3) is 0.235. The molecule has 1 amide bonds. The standard InChI is InChI=1S/C17H15ClN2O4/c18-14-7-6-13(10-15(14)20(22)23)17(21)19-8-9-24-16(11-19)12-4-2-1-3-5-12/h1-7,10,16H,8-9,11H2. The molecule has 24 heavy (non-hydrogen) atoms. The van der Waals surface area contributed by atoms with Crippen molar-refractivity contribution < 1.29 is 14.5 Å². The van der Waals surface area contributed by atoms with Crippen molar-refractivity contribution in [2.75, 3.05) is 19.7 Å². The van der Waals surface area contributed by atoms with Crippen molar-refractivity contribution in [3.05, 3.63) is 74.8 Å². The Labute approximate surface area is 143 Å². The molecule has 0 bridgehead atoms. The molecule has 1 fully saturated rings.